The van der Waals surface area contributed by atoms with Crippen LogP contribution >= 0.6 is 46.7 Å². The molecule has 2 aromatic rings. The molecule has 1 aliphatic heterocycles. The maximum absolute atomic E-state index is 5.88. The normalized spacial score (nSPS) is 13.0. The second kappa shape index (κ2) is 5.38. The van der Waals surface area contributed by atoms with Gasteiger partial charge in [0.15, 0.2) is 0 Å². The minimum atomic E-state index is 0.566. The minimum absolute atomic E-state index is 0.566. The third-order valence-electron chi connectivity index (χ3n) is 2.76. The lowest BCUT2D eigenvalue weighted by molar-refractivity contribution is 1.12. The lowest BCUT2D eigenvalue weighted by Gasteiger charge is -2.19. The molecule has 18 heavy (non-hydrogen) atoms. The molecule has 2 aromatic carbocycles. The molecule has 0 atom stereocenters. The Morgan fingerprint density at radius 2 is 1.11 bits per heavy atom. The highest BCUT2D eigenvalue weighted by Gasteiger charge is 2.17. The Kier molecular flexibility index (Phi) is 3.81. The van der Waals surface area contributed by atoms with Crippen molar-refractivity contribution in [1.82, 2.24) is 0 Å². The van der Waals surface area contributed by atoms with Crippen molar-refractivity contribution < 1.29 is 0 Å². The number of alkyl halides is 2. The van der Waals surface area contributed by atoms with Gasteiger partial charge in [-0.3, -0.25) is 0 Å². The van der Waals surface area contributed by atoms with Gasteiger partial charge >= 0.3 is 0 Å². The van der Waals surface area contributed by atoms with E-state index in [9.17, 15) is 0 Å². The molecule has 0 saturated heterocycles. The summed E-state index contributed by atoms with van der Waals surface area (Å²) in [5, 5.41) is 0. The van der Waals surface area contributed by atoms with E-state index in [0.29, 0.717) is 11.8 Å². The summed E-state index contributed by atoms with van der Waals surface area (Å²) in [5.41, 5.74) is 2.34. The Bertz CT molecular complexity index is 543. The molecule has 3 rings (SSSR count). The van der Waals surface area contributed by atoms with Gasteiger partial charge in [-0.2, -0.15) is 0 Å². The lowest BCUT2D eigenvalue weighted by Crippen LogP contribution is -1.92. The Labute approximate surface area is 125 Å². The molecule has 0 saturated carbocycles. The first-order chi connectivity index (χ1) is 8.80. The molecule has 1 aliphatic rings. The van der Waals surface area contributed by atoms with Gasteiger partial charge in [-0.1, -0.05) is 35.7 Å². The van der Waals surface area contributed by atoms with Crippen LogP contribution < -0.4 is 0 Å². The highest BCUT2D eigenvalue weighted by molar-refractivity contribution is 8.05. The second-order valence-corrected chi connectivity index (χ2v) is 6.74. The van der Waals surface area contributed by atoms with Crippen molar-refractivity contribution >= 4 is 46.7 Å². The zero-order chi connectivity index (χ0) is 12.5. The van der Waals surface area contributed by atoms with Gasteiger partial charge in [-0.25, -0.2) is 0 Å². The van der Waals surface area contributed by atoms with Crippen LogP contribution in [0.4, 0.5) is 0 Å². The van der Waals surface area contributed by atoms with Crippen LogP contribution in [0.25, 0.3) is 0 Å². The molecule has 0 unspecified atom stereocenters. The fourth-order valence-corrected chi connectivity index (χ4v) is 4.49. The first-order valence-electron chi connectivity index (χ1n) is 5.53. The van der Waals surface area contributed by atoms with Crippen molar-refractivity contribution in [3.8, 4) is 0 Å². The number of fused-ring (bicyclic) bond motifs is 2. The highest BCUT2D eigenvalue weighted by atomic mass is 35.5. The third-order valence-corrected chi connectivity index (χ3v) is 5.91. The molecular formula is C14H10Cl2S2. The molecule has 0 N–H and O–H groups in total. The minimum Gasteiger partial charge on any atom is -0.122 e. The van der Waals surface area contributed by atoms with Gasteiger partial charge < -0.3 is 0 Å². The summed E-state index contributed by atoms with van der Waals surface area (Å²) >= 11 is 15.4. The van der Waals surface area contributed by atoms with Crippen molar-refractivity contribution in [3.05, 3.63) is 47.5 Å². The van der Waals surface area contributed by atoms with E-state index in [2.05, 4.69) is 36.4 Å². The quantitative estimate of drug-likeness (QED) is 0.550. The topological polar surface area (TPSA) is 0 Å². The molecule has 0 spiro atoms. The van der Waals surface area contributed by atoms with Crippen LogP contribution in [-0.4, -0.2) is 0 Å². The Hall–Kier alpha value is -0.280. The number of halogens is 2. The van der Waals surface area contributed by atoms with Crippen LogP contribution in [0.2, 0.25) is 0 Å². The zero-order valence-corrected chi connectivity index (χ0v) is 12.6. The average Bonchev–Trinajstić information content (AvgIpc) is 2.43. The molecule has 0 aromatic heterocycles. The molecule has 0 amide bonds. The van der Waals surface area contributed by atoms with E-state index in [-0.39, 0.29) is 0 Å². The van der Waals surface area contributed by atoms with Gasteiger partial charge in [0, 0.05) is 31.3 Å². The third kappa shape index (κ3) is 2.39. The Balaban J connectivity index is 2.00. The first kappa shape index (κ1) is 12.7. The van der Waals surface area contributed by atoms with Crippen LogP contribution in [-0.2, 0) is 11.8 Å². The molecule has 0 nitrogen and oxygen atoms in total. The molecular weight excluding hydrogens is 303 g/mol. The number of hydrogen-bond donors (Lipinski definition) is 0. The molecule has 92 valence electrons. The van der Waals surface area contributed by atoms with E-state index in [1.807, 2.05) is 23.5 Å². The second-order valence-electron chi connectivity index (χ2n) is 4.03. The largest absolute Gasteiger partial charge is 0.122 e. The van der Waals surface area contributed by atoms with E-state index in [1.54, 1.807) is 0 Å². The van der Waals surface area contributed by atoms with Gasteiger partial charge in [0.25, 0.3) is 0 Å². The number of rotatable bonds is 2. The van der Waals surface area contributed by atoms with E-state index in [0.717, 1.165) is 0 Å². The highest BCUT2D eigenvalue weighted by Crippen LogP contribution is 2.48. The Morgan fingerprint density at radius 1 is 0.667 bits per heavy atom. The van der Waals surface area contributed by atoms with Crippen LogP contribution in [0.15, 0.2) is 56.0 Å². The molecule has 0 bridgehead atoms. The van der Waals surface area contributed by atoms with E-state index in [1.165, 1.54) is 30.7 Å². The standard InChI is InChI=1S/C14H10Cl2S2/c15-7-9-1-3-11-13(5-9)18-12-4-2-10(8-16)6-14(12)17-11/h1-6H,7-8H2. The maximum Gasteiger partial charge on any atom is 0.0474 e. The predicted octanol–water partition coefficient (Wildman–Crippen LogP) is 5.78. The van der Waals surface area contributed by atoms with E-state index in [4.69, 9.17) is 23.2 Å². The monoisotopic (exact) mass is 312 g/mol. The van der Waals surface area contributed by atoms with Crippen molar-refractivity contribution in [3.63, 3.8) is 0 Å². The fraction of sp³-hybridized carbons (Fsp3) is 0.143. The average molecular weight is 313 g/mol. The SMILES string of the molecule is ClCc1ccc2c(c1)Sc1ccc(CCl)cc1S2. The van der Waals surface area contributed by atoms with Crippen LogP contribution in [0.1, 0.15) is 11.1 Å². The van der Waals surface area contributed by atoms with Crippen molar-refractivity contribution in [2.24, 2.45) is 0 Å². The van der Waals surface area contributed by atoms with Gasteiger partial charge in [-0.05, 0) is 35.4 Å². The molecule has 0 radical (unpaired) electrons. The van der Waals surface area contributed by atoms with E-state index >= 15 is 0 Å². The molecule has 4 heteroatoms. The number of hydrogen-bond acceptors (Lipinski definition) is 2. The fourth-order valence-electron chi connectivity index (χ4n) is 1.84. The van der Waals surface area contributed by atoms with Crippen LogP contribution in [0.3, 0.4) is 0 Å². The van der Waals surface area contributed by atoms with Gasteiger partial charge in [0.2, 0.25) is 0 Å². The van der Waals surface area contributed by atoms with Gasteiger partial charge in [0.05, 0.1) is 0 Å². The lowest BCUT2D eigenvalue weighted by atomic mass is 10.2. The van der Waals surface area contributed by atoms with Gasteiger partial charge in [0.1, 0.15) is 0 Å². The predicted molar refractivity (Wildman–Crippen MR) is 80.2 cm³/mol. The summed E-state index contributed by atoms with van der Waals surface area (Å²) in [7, 11) is 0. The first-order valence-corrected chi connectivity index (χ1v) is 8.24. The summed E-state index contributed by atoms with van der Waals surface area (Å²) in [4.78, 5) is 5.19. The van der Waals surface area contributed by atoms with Crippen molar-refractivity contribution in [2.75, 3.05) is 0 Å². The molecule has 0 fully saturated rings. The summed E-state index contributed by atoms with van der Waals surface area (Å²) in [6, 6.07) is 12.9. The molecule has 1 heterocycles. The van der Waals surface area contributed by atoms with Gasteiger partial charge in [-0.15, -0.1) is 23.2 Å². The molecule has 0 aliphatic carbocycles. The smallest absolute Gasteiger partial charge is 0.0474 e. The zero-order valence-electron chi connectivity index (χ0n) is 9.45. The van der Waals surface area contributed by atoms with Crippen molar-refractivity contribution in [1.29, 1.82) is 0 Å². The number of benzene rings is 2. The maximum atomic E-state index is 5.88. The summed E-state index contributed by atoms with van der Waals surface area (Å²) in [5.74, 6) is 1.13. The van der Waals surface area contributed by atoms with Crippen LogP contribution in [0, 0.1) is 0 Å². The Morgan fingerprint density at radius 3 is 1.50 bits per heavy atom. The van der Waals surface area contributed by atoms with E-state index < -0.39 is 0 Å². The summed E-state index contributed by atoms with van der Waals surface area (Å²) in [6.07, 6.45) is 0. The van der Waals surface area contributed by atoms with Crippen molar-refractivity contribution in [2.45, 2.75) is 31.3 Å². The summed E-state index contributed by atoms with van der Waals surface area (Å²) in [6.45, 7) is 0. The summed E-state index contributed by atoms with van der Waals surface area (Å²) < 4.78 is 0. The van der Waals surface area contributed by atoms with Crippen LogP contribution in [0.5, 0.6) is 0 Å².